The quantitative estimate of drug-likeness (QED) is 0.700. The van der Waals surface area contributed by atoms with Gasteiger partial charge in [0.05, 0.1) is 33.5 Å². The topological polar surface area (TPSA) is 60.9 Å². The number of ketones is 1. The molecular formula is C13H13Cl2N3O. The van der Waals surface area contributed by atoms with Crippen LogP contribution in [0.1, 0.15) is 21.7 Å². The van der Waals surface area contributed by atoms with Crippen molar-refractivity contribution in [3.8, 4) is 0 Å². The predicted molar refractivity (Wildman–Crippen MR) is 76.9 cm³/mol. The Labute approximate surface area is 121 Å². The molecule has 0 aliphatic heterocycles. The fourth-order valence-electron chi connectivity index (χ4n) is 1.84. The maximum Gasteiger partial charge on any atom is 0.168 e. The average molecular weight is 298 g/mol. The zero-order chi connectivity index (χ0) is 14.2. The lowest BCUT2D eigenvalue weighted by Gasteiger charge is -2.05. The molecule has 0 fully saturated rings. The summed E-state index contributed by atoms with van der Waals surface area (Å²) in [5.41, 5.74) is 7.99. The molecule has 0 spiro atoms. The van der Waals surface area contributed by atoms with Crippen LogP contribution in [0.5, 0.6) is 0 Å². The monoisotopic (exact) mass is 297 g/mol. The first-order chi connectivity index (χ1) is 8.90. The highest BCUT2D eigenvalue weighted by molar-refractivity contribution is 6.33. The van der Waals surface area contributed by atoms with E-state index in [1.165, 1.54) is 0 Å². The number of halogens is 2. The molecule has 0 bridgehead atoms. The molecule has 2 N–H and O–H groups in total. The smallest absolute Gasteiger partial charge is 0.168 e. The van der Waals surface area contributed by atoms with E-state index in [2.05, 4.69) is 5.10 Å². The van der Waals surface area contributed by atoms with Crippen LogP contribution in [0.15, 0.2) is 18.2 Å². The van der Waals surface area contributed by atoms with Crippen molar-refractivity contribution in [1.29, 1.82) is 0 Å². The van der Waals surface area contributed by atoms with E-state index in [4.69, 9.17) is 28.9 Å². The number of nitrogens with zero attached hydrogens (tertiary/aromatic N) is 2. The normalized spacial score (nSPS) is 10.7. The maximum atomic E-state index is 12.2. The van der Waals surface area contributed by atoms with Gasteiger partial charge in [-0.3, -0.25) is 9.48 Å². The lowest BCUT2D eigenvalue weighted by molar-refractivity contribution is 0.0991. The van der Waals surface area contributed by atoms with Crippen LogP contribution in [0.2, 0.25) is 10.0 Å². The average Bonchev–Trinajstić information content (AvgIpc) is 2.59. The van der Waals surface area contributed by atoms with E-state index in [9.17, 15) is 4.79 Å². The SMILES string of the molecule is Cc1nn(C)c(CC(=O)c2ccc(Cl)c(N)c2)c1Cl. The van der Waals surface area contributed by atoms with Gasteiger partial charge in [0.1, 0.15) is 0 Å². The summed E-state index contributed by atoms with van der Waals surface area (Å²) < 4.78 is 1.62. The molecule has 1 aromatic carbocycles. The summed E-state index contributed by atoms with van der Waals surface area (Å²) in [5, 5.41) is 5.14. The van der Waals surface area contributed by atoms with Crippen molar-refractivity contribution >= 4 is 34.7 Å². The van der Waals surface area contributed by atoms with Crippen LogP contribution in [0.25, 0.3) is 0 Å². The molecule has 1 heterocycles. The van der Waals surface area contributed by atoms with Crippen molar-refractivity contribution in [3.63, 3.8) is 0 Å². The van der Waals surface area contributed by atoms with Crippen molar-refractivity contribution in [2.24, 2.45) is 7.05 Å². The number of benzene rings is 1. The number of aryl methyl sites for hydroxylation is 2. The fourth-order valence-corrected chi connectivity index (χ4v) is 2.19. The van der Waals surface area contributed by atoms with Gasteiger partial charge in [0.2, 0.25) is 0 Å². The van der Waals surface area contributed by atoms with Crippen LogP contribution in [0.4, 0.5) is 5.69 Å². The second-order valence-electron chi connectivity index (χ2n) is 4.31. The van der Waals surface area contributed by atoms with Crippen molar-refractivity contribution in [2.75, 3.05) is 5.73 Å². The molecule has 0 unspecified atom stereocenters. The lowest BCUT2D eigenvalue weighted by atomic mass is 10.1. The van der Waals surface area contributed by atoms with Crippen LogP contribution < -0.4 is 5.73 Å². The van der Waals surface area contributed by atoms with Crippen LogP contribution >= 0.6 is 23.2 Å². The van der Waals surface area contributed by atoms with E-state index in [1.807, 2.05) is 0 Å². The Morgan fingerprint density at radius 1 is 1.42 bits per heavy atom. The Balaban J connectivity index is 2.28. The third-order valence-corrected chi connectivity index (χ3v) is 3.74. The van der Waals surface area contributed by atoms with E-state index in [0.29, 0.717) is 32.7 Å². The number of hydrogen-bond donors (Lipinski definition) is 1. The molecule has 0 saturated carbocycles. The molecule has 0 amide bonds. The van der Waals surface area contributed by atoms with Crippen LogP contribution in [-0.2, 0) is 13.5 Å². The second kappa shape index (κ2) is 5.23. The van der Waals surface area contributed by atoms with E-state index >= 15 is 0 Å². The first kappa shape index (κ1) is 13.9. The van der Waals surface area contributed by atoms with Gasteiger partial charge in [0.25, 0.3) is 0 Å². The van der Waals surface area contributed by atoms with Crippen molar-refractivity contribution in [3.05, 3.63) is 45.2 Å². The zero-order valence-corrected chi connectivity index (χ0v) is 12.1. The third kappa shape index (κ3) is 2.74. The van der Waals surface area contributed by atoms with Crippen LogP contribution in [-0.4, -0.2) is 15.6 Å². The lowest BCUT2D eigenvalue weighted by Crippen LogP contribution is -2.08. The van der Waals surface area contributed by atoms with Gasteiger partial charge in [-0.2, -0.15) is 5.10 Å². The van der Waals surface area contributed by atoms with Crippen molar-refractivity contribution < 1.29 is 4.79 Å². The number of rotatable bonds is 3. The summed E-state index contributed by atoms with van der Waals surface area (Å²) in [6.07, 6.45) is 0.178. The first-order valence-corrected chi connectivity index (χ1v) is 6.42. The van der Waals surface area contributed by atoms with Crippen LogP contribution in [0, 0.1) is 6.92 Å². The number of Topliss-reactive ketones (excluding diaryl/α,β-unsaturated/α-hetero) is 1. The highest BCUT2D eigenvalue weighted by Gasteiger charge is 2.16. The summed E-state index contributed by atoms with van der Waals surface area (Å²) >= 11 is 11.9. The number of nitrogens with two attached hydrogens (primary N) is 1. The Hall–Kier alpha value is -1.52. The van der Waals surface area contributed by atoms with Gasteiger partial charge in [-0.15, -0.1) is 0 Å². The Morgan fingerprint density at radius 2 is 2.11 bits per heavy atom. The second-order valence-corrected chi connectivity index (χ2v) is 5.09. The largest absolute Gasteiger partial charge is 0.398 e. The Bertz CT molecular complexity index is 650. The summed E-state index contributed by atoms with van der Waals surface area (Å²) in [5.74, 6) is -0.0757. The number of carbonyl (C=O) groups excluding carboxylic acids is 1. The number of hydrogen-bond acceptors (Lipinski definition) is 3. The van der Waals surface area contributed by atoms with Gasteiger partial charge in [-0.05, 0) is 25.1 Å². The van der Waals surface area contributed by atoms with Gasteiger partial charge in [0, 0.05) is 12.6 Å². The summed E-state index contributed by atoms with van der Waals surface area (Å²) in [6.45, 7) is 1.80. The van der Waals surface area contributed by atoms with E-state index in [1.54, 1.807) is 36.9 Å². The predicted octanol–water partition coefficient (Wildman–Crippen LogP) is 3.04. The molecule has 2 aromatic rings. The maximum absolute atomic E-state index is 12.2. The highest BCUT2D eigenvalue weighted by Crippen LogP contribution is 2.23. The molecule has 0 aliphatic carbocycles. The van der Waals surface area contributed by atoms with Gasteiger partial charge in [-0.25, -0.2) is 0 Å². The number of anilines is 1. The molecule has 100 valence electrons. The van der Waals surface area contributed by atoms with E-state index in [-0.39, 0.29) is 12.2 Å². The molecule has 0 radical (unpaired) electrons. The Kier molecular flexibility index (Phi) is 3.83. The summed E-state index contributed by atoms with van der Waals surface area (Å²) in [4.78, 5) is 12.2. The molecule has 0 saturated heterocycles. The third-order valence-electron chi connectivity index (χ3n) is 2.91. The molecule has 2 rings (SSSR count). The number of carbonyl (C=O) groups is 1. The summed E-state index contributed by atoms with van der Waals surface area (Å²) in [7, 11) is 1.76. The Morgan fingerprint density at radius 3 is 2.63 bits per heavy atom. The van der Waals surface area contributed by atoms with Gasteiger partial charge in [-0.1, -0.05) is 23.2 Å². The number of aromatic nitrogens is 2. The molecule has 0 atom stereocenters. The molecule has 0 aliphatic rings. The van der Waals surface area contributed by atoms with E-state index < -0.39 is 0 Å². The molecule has 4 nitrogen and oxygen atoms in total. The summed E-state index contributed by atoms with van der Waals surface area (Å²) in [6, 6.07) is 4.83. The number of nitrogen functional groups attached to an aromatic ring is 1. The van der Waals surface area contributed by atoms with Crippen molar-refractivity contribution in [2.45, 2.75) is 13.3 Å². The van der Waals surface area contributed by atoms with E-state index in [0.717, 1.165) is 0 Å². The fraction of sp³-hybridized carbons (Fsp3) is 0.231. The van der Waals surface area contributed by atoms with Crippen molar-refractivity contribution in [1.82, 2.24) is 9.78 Å². The minimum Gasteiger partial charge on any atom is -0.398 e. The highest BCUT2D eigenvalue weighted by atomic mass is 35.5. The standard InChI is InChI=1S/C13H13Cl2N3O/c1-7-13(15)11(18(2)17-7)6-12(19)8-3-4-9(14)10(16)5-8/h3-5H,6,16H2,1-2H3. The van der Waals surface area contributed by atoms with Gasteiger partial charge < -0.3 is 5.73 Å². The molecular weight excluding hydrogens is 285 g/mol. The van der Waals surface area contributed by atoms with Gasteiger partial charge in [0.15, 0.2) is 5.78 Å². The van der Waals surface area contributed by atoms with Crippen LogP contribution in [0.3, 0.4) is 0 Å². The minimum atomic E-state index is -0.0757. The molecule has 1 aromatic heterocycles. The minimum absolute atomic E-state index is 0.0757. The zero-order valence-electron chi connectivity index (χ0n) is 10.6. The molecule has 19 heavy (non-hydrogen) atoms. The molecule has 6 heteroatoms. The first-order valence-electron chi connectivity index (χ1n) is 5.66. The van der Waals surface area contributed by atoms with Gasteiger partial charge >= 0.3 is 0 Å².